The average Bonchev–Trinajstić information content (AvgIpc) is 2.49. The molecule has 0 fully saturated rings. The third-order valence-corrected chi connectivity index (χ3v) is 3.10. The smallest absolute Gasteiger partial charge is 0.340 e. The Bertz CT molecular complexity index is 661. The van der Waals surface area contributed by atoms with Gasteiger partial charge in [0.2, 0.25) is 0 Å². The van der Waals surface area contributed by atoms with E-state index in [9.17, 15) is 9.18 Å². The molecule has 0 saturated carbocycles. The van der Waals surface area contributed by atoms with E-state index >= 15 is 0 Å². The predicted molar refractivity (Wildman–Crippen MR) is 78.5 cm³/mol. The van der Waals surface area contributed by atoms with Crippen molar-refractivity contribution in [3.05, 3.63) is 53.5 Å². The number of carbonyl (C=O) groups excluding carboxylic acids is 1. The summed E-state index contributed by atoms with van der Waals surface area (Å²) in [5.74, 6) is -0.427. The molecular formula is C15H16FN3O2. The number of aromatic nitrogens is 1. The molecule has 1 heterocycles. The Morgan fingerprint density at radius 3 is 2.76 bits per heavy atom. The van der Waals surface area contributed by atoms with Crippen LogP contribution < -0.4 is 10.6 Å². The highest BCUT2D eigenvalue weighted by Gasteiger charge is 2.17. The maximum absolute atomic E-state index is 13.7. The van der Waals surface area contributed by atoms with Crippen molar-refractivity contribution in [2.45, 2.75) is 6.54 Å². The minimum absolute atomic E-state index is 0.211. The maximum atomic E-state index is 13.7. The van der Waals surface area contributed by atoms with E-state index < -0.39 is 5.97 Å². The third kappa shape index (κ3) is 3.10. The van der Waals surface area contributed by atoms with E-state index in [-0.39, 0.29) is 23.6 Å². The Hall–Kier alpha value is -2.63. The van der Waals surface area contributed by atoms with Crippen LogP contribution in [0.5, 0.6) is 0 Å². The molecular weight excluding hydrogens is 273 g/mol. The molecule has 5 nitrogen and oxygen atoms in total. The van der Waals surface area contributed by atoms with Gasteiger partial charge in [0.1, 0.15) is 5.82 Å². The summed E-state index contributed by atoms with van der Waals surface area (Å²) in [4.78, 5) is 17.4. The molecule has 1 aromatic heterocycles. The lowest BCUT2D eigenvalue weighted by atomic mass is 10.2. The van der Waals surface area contributed by atoms with E-state index in [1.54, 1.807) is 30.1 Å². The molecule has 0 atom stereocenters. The van der Waals surface area contributed by atoms with E-state index in [2.05, 4.69) is 9.72 Å². The first-order valence-corrected chi connectivity index (χ1v) is 6.32. The van der Waals surface area contributed by atoms with Crippen LogP contribution in [0.3, 0.4) is 0 Å². The number of nitrogens with two attached hydrogens (primary N) is 1. The number of hydrogen-bond acceptors (Lipinski definition) is 5. The molecule has 110 valence electrons. The zero-order valence-corrected chi connectivity index (χ0v) is 11.8. The Morgan fingerprint density at radius 1 is 1.38 bits per heavy atom. The standard InChI is InChI=1S/C15H16FN3O2/c1-19(9-10-5-3-4-6-12(10)16)14-13(17)11(7-8-18-14)15(20)21-2/h3-8H,9,17H2,1-2H3. The number of methoxy groups -OCH3 is 1. The van der Waals surface area contributed by atoms with Gasteiger partial charge in [0.05, 0.1) is 18.4 Å². The first-order chi connectivity index (χ1) is 10.0. The number of nitrogen functional groups attached to an aromatic ring is 1. The quantitative estimate of drug-likeness (QED) is 0.874. The monoisotopic (exact) mass is 289 g/mol. The fraction of sp³-hybridized carbons (Fsp3) is 0.200. The van der Waals surface area contributed by atoms with Gasteiger partial charge < -0.3 is 15.4 Å². The van der Waals surface area contributed by atoms with Crippen molar-refractivity contribution in [3.8, 4) is 0 Å². The molecule has 2 N–H and O–H groups in total. The lowest BCUT2D eigenvalue weighted by Crippen LogP contribution is -2.21. The van der Waals surface area contributed by atoms with Gasteiger partial charge in [-0.2, -0.15) is 0 Å². The molecule has 6 heteroatoms. The summed E-state index contributed by atoms with van der Waals surface area (Å²) in [5.41, 5.74) is 6.92. The molecule has 0 saturated heterocycles. The van der Waals surface area contributed by atoms with Crippen molar-refractivity contribution >= 4 is 17.5 Å². The first kappa shape index (κ1) is 14.8. The van der Waals surface area contributed by atoms with Crippen LogP contribution in [0.1, 0.15) is 15.9 Å². The third-order valence-electron chi connectivity index (χ3n) is 3.10. The minimum Gasteiger partial charge on any atom is -0.465 e. The number of anilines is 2. The second-order valence-corrected chi connectivity index (χ2v) is 4.53. The number of esters is 1. The van der Waals surface area contributed by atoms with Crippen LogP contribution in [0, 0.1) is 5.82 Å². The van der Waals surface area contributed by atoms with Gasteiger partial charge in [-0.05, 0) is 12.1 Å². The zero-order chi connectivity index (χ0) is 15.4. The summed E-state index contributed by atoms with van der Waals surface area (Å²) >= 11 is 0. The summed E-state index contributed by atoms with van der Waals surface area (Å²) < 4.78 is 18.3. The van der Waals surface area contributed by atoms with E-state index in [1.807, 2.05) is 0 Å². The van der Waals surface area contributed by atoms with Gasteiger partial charge in [0.15, 0.2) is 5.82 Å². The van der Waals surface area contributed by atoms with E-state index in [0.29, 0.717) is 11.4 Å². The molecule has 0 aliphatic rings. The highest BCUT2D eigenvalue weighted by Crippen LogP contribution is 2.25. The van der Waals surface area contributed by atoms with Crippen molar-refractivity contribution in [1.82, 2.24) is 4.98 Å². The number of hydrogen-bond donors (Lipinski definition) is 1. The lowest BCUT2D eigenvalue weighted by molar-refractivity contribution is 0.0602. The number of benzene rings is 1. The summed E-state index contributed by atoms with van der Waals surface area (Å²) in [7, 11) is 3.01. The van der Waals surface area contributed by atoms with E-state index in [1.165, 1.54) is 25.4 Å². The summed E-state index contributed by atoms with van der Waals surface area (Å²) in [6.07, 6.45) is 1.47. The summed E-state index contributed by atoms with van der Waals surface area (Å²) in [6.45, 7) is 0.286. The van der Waals surface area contributed by atoms with Gasteiger partial charge in [0.25, 0.3) is 0 Å². The Kier molecular flexibility index (Phi) is 4.37. The lowest BCUT2D eigenvalue weighted by Gasteiger charge is -2.21. The van der Waals surface area contributed by atoms with Crippen LogP contribution in [0.15, 0.2) is 36.5 Å². The number of nitrogens with zero attached hydrogens (tertiary/aromatic N) is 2. The Morgan fingerprint density at radius 2 is 2.10 bits per heavy atom. The summed E-state index contributed by atoms with van der Waals surface area (Å²) in [5, 5.41) is 0. The molecule has 0 aliphatic heterocycles. The summed E-state index contributed by atoms with van der Waals surface area (Å²) in [6, 6.07) is 7.95. The average molecular weight is 289 g/mol. The number of halogens is 1. The van der Waals surface area contributed by atoms with Gasteiger partial charge in [-0.3, -0.25) is 0 Å². The molecule has 1 aromatic carbocycles. The SMILES string of the molecule is COC(=O)c1ccnc(N(C)Cc2ccccc2F)c1N. The zero-order valence-electron chi connectivity index (χ0n) is 11.8. The van der Waals surface area contributed by atoms with Crippen LogP contribution >= 0.6 is 0 Å². The molecule has 0 spiro atoms. The Labute approximate surface area is 122 Å². The molecule has 0 radical (unpaired) electrons. The number of rotatable bonds is 4. The van der Waals surface area contributed by atoms with Crippen LogP contribution in [0.2, 0.25) is 0 Å². The molecule has 0 unspecified atom stereocenters. The fourth-order valence-electron chi connectivity index (χ4n) is 2.01. The first-order valence-electron chi connectivity index (χ1n) is 6.32. The molecule has 0 bridgehead atoms. The van der Waals surface area contributed by atoms with Crippen molar-refractivity contribution < 1.29 is 13.9 Å². The maximum Gasteiger partial charge on any atom is 0.340 e. The predicted octanol–water partition coefficient (Wildman–Crippen LogP) is 2.23. The van der Waals surface area contributed by atoms with E-state index in [0.717, 1.165) is 0 Å². The van der Waals surface area contributed by atoms with Crippen LogP contribution in [-0.2, 0) is 11.3 Å². The second kappa shape index (κ2) is 6.21. The van der Waals surface area contributed by atoms with Crippen molar-refractivity contribution in [1.29, 1.82) is 0 Å². The van der Waals surface area contributed by atoms with Gasteiger partial charge >= 0.3 is 5.97 Å². The fourth-order valence-corrected chi connectivity index (χ4v) is 2.01. The van der Waals surface area contributed by atoms with Gasteiger partial charge in [-0.1, -0.05) is 18.2 Å². The normalized spacial score (nSPS) is 10.2. The number of carbonyl (C=O) groups is 1. The highest BCUT2D eigenvalue weighted by molar-refractivity contribution is 5.97. The van der Waals surface area contributed by atoms with Crippen molar-refractivity contribution in [2.24, 2.45) is 0 Å². The van der Waals surface area contributed by atoms with Crippen LogP contribution in [0.4, 0.5) is 15.9 Å². The largest absolute Gasteiger partial charge is 0.465 e. The molecule has 0 aliphatic carbocycles. The molecule has 2 rings (SSSR count). The van der Waals surface area contributed by atoms with Crippen LogP contribution in [0.25, 0.3) is 0 Å². The van der Waals surface area contributed by atoms with E-state index in [4.69, 9.17) is 5.73 Å². The molecule has 0 amide bonds. The Balaban J connectivity index is 2.30. The second-order valence-electron chi connectivity index (χ2n) is 4.53. The highest BCUT2D eigenvalue weighted by atomic mass is 19.1. The number of ether oxygens (including phenoxy) is 1. The van der Waals surface area contributed by atoms with Gasteiger partial charge in [0, 0.05) is 25.4 Å². The molecule has 21 heavy (non-hydrogen) atoms. The van der Waals surface area contributed by atoms with Gasteiger partial charge in [-0.25, -0.2) is 14.2 Å². The van der Waals surface area contributed by atoms with Gasteiger partial charge in [-0.15, -0.1) is 0 Å². The van der Waals surface area contributed by atoms with Crippen molar-refractivity contribution in [2.75, 3.05) is 24.8 Å². The molecule has 2 aromatic rings. The van der Waals surface area contributed by atoms with Crippen molar-refractivity contribution in [3.63, 3.8) is 0 Å². The van der Waals surface area contributed by atoms with Crippen LogP contribution in [-0.4, -0.2) is 25.1 Å². The topological polar surface area (TPSA) is 68.5 Å². The minimum atomic E-state index is -0.532. The number of pyridine rings is 1.